The molecular weight excluding hydrogens is 432 g/mol. The van der Waals surface area contributed by atoms with Crippen molar-refractivity contribution in [2.24, 2.45) is 11.8 Å². The SMILES string of the molecule is CC1CCC(C#Cn2cnc3nc(-c4noc(=O)[nH]4)nc(-c4cc(O)cc(Cl)c4)c32)CC1. The molecule has 1 aliphatic carbocycles. The lowest BCUT2D eigenvalue weighted by Crippen LogP contribution is -2.10. The number of aromatic nitrogens is 6. The molecule has 0 spiro atoms. The number of fused-ring (bicyclic) bond motifs is 1. The highest BCUT2D eigenvalue weighted by Gasteiger charge is 2.20. The molecule has 1 aromatic carbocycles. The molecule has 3 aromatic heterocycles. The zero-order chi connectivity index (χ0) is 22.2. The zero-order valence-corrected chi connectivity index (χ0v) is 17.9. The fourth-order valence-electron chi connectivity index (χ4n) is 3.92. The van der Waals surface area contributed by atoms with Gasteiger partial charge in [-0.3, -0.25) is 14.1 Å². The van der Waals surface area contributed by atoms with Gasteiger partial charge in [-0.05, 0) is 49.8 Å². The van der Waals surface area contributed by atoms with E-state index in [4.69, 9.17) is 11.6 Å². The summed E-state index contributed by atoms with van der Waals surface area (Å²) in [7, 11) is 0. The zero-order valence-electron chi connectivity index (χ0n) is 17.2. The summed E-state index contributed by atoms with van der Waals surface area (Å²) in [4.78, 5) is 27.2. The molecule has 2 N–H and O–H groups in total. The quantitative estimate of drug-likeness (QED) is 0.445. The average molecular weight is 451 g/mol. The minimum absolute atomic E-state index is 0.0101. The number of benzene rings is 1. The molecule has 0 atom stereocenters. The van der Waals surface area contributed by atoms with Crippen LogP contribution in [0.5, 0.6) is 5.75 Å². The smallest absolute Gasteiger partial charge is 0.439 e. The van der Waals surface area contributed by atoms with Gasteiger partial charge in [0.1, 0.15) is 23.3 Å². The summed E-state index contributed by atoms with van der Waals surface area (Å²) >= 11 is 6.17. The Bertz CT molecular complexity index is 1400. The molecule has 1 aliphatic rings. The first-order valence-electron chi connectivity index (χ1n) is 10.3. The predicted molar refractivity (Wildman–Crippen MR) is 118 cm³/mol. The molecule has 0 amide bonds. The highest BCUT2D eigenvalue weighted by Crippen LogP contribution is 2.32. The highest BCUT2D eigenvalue weighted by atomic mass is 35.5. The highest BCUT2D eigenvalue weighted by molar-refractivity contribution is 6.31. The van der Waals surface area contributed by atoms with E-state index in [2.05, 4.69) is 48.5 Å². The molecule has 9 nitrogen and oxygen atoms in total. The molecule has 0 radical (unpaired) electrons. The number of nitrogens with one attached hydrogen (secondary N) is 1. The fraction of sp³-hybridized carbons (Fsp3) is 0.318. The minimum atomic E-state index is -0.719. The first-order valence-corrected chi connectivity index (χ1v) is 10.7. The molecule has 32 heavy (non-hydrogen) atoms. The second kappa shape index (κ2) is 8.13. The molecule has 10 heteroatoms. The Balaban J connectivity index is 1.67. The van der Waals surface area contributed by atoms with Crippen LogP contribution in [0.15, 0.2) is 33.8 Å². The lowest BCUT2D eigenvalue weighted by atomic mass is 9.83. The Morgan fingerprint density at radius 2 is 2.03 bits per heavy atom. The number of imidazole rings is 1. The molecular formula is C22H19ClN6O3. The van der Waals surface area contributed by atoms with E-state index in [1.165, 1.54) is 25.0 Å². The minimum Gasteiger partial charge on any atom is -0.508 e. The Hall–Kier alpha value is -3.64. The van der Waals surface area contributed by atoms with Gasteiger partial charge >= 0.3 is 5.76 Å². The van der Waals surface area contributed by atoms with Gasteiger partial charge in [0.2, 0.25) is 11.6 Å². The van der Waals surface area contributed by atoms with Crippen molar-refractivity contribution in [3.63, 3.8) is 0 Å². The van der Waals surface area contributed by atoms with Gasteiger partial charge in [0.15, 0.2) is 5.65 Å². The van der Waals surface area contributed by atoms with E-state index >= 15 is 0 Å². The van der Waals surface area contributed by atoms with Crippen molar-refractivity contribution in [2.75, 3.05) is 0 Å². The van der Waals surface area contributed by atoms with E-state index in [-0.39, 0.29) is 17.4 Å². The van der Waals surface area contributed by atoms with Crippen LogP contribution in [0.4, 0.5) is 0 Å². The Morgan fingerprint density at radius 1 is 1.22 bits per heavy atom. The van der Waals surface area contributed by atoms with Crippen molar-refractivity contribution in [3.8, 4) is 40.6 Å². The van der Waals surface area contributed by atoms with Crippen LogP contribution in [-0.2, 0) is 0 Å². The third kappa shape index (κ3) is 3.97. The second-order valence-corrected chi connectivity index (χ2v) is 8.47. The third-order valence-corrected chi connectivity index (χ3v) is 5.83. The summed E-state index contributed by atoms with van der Waals surface area (Å²) in [5.74, 6) is 3.90. The van der Waals surface area contributed by atoms with Gasteiger partial charge in [-0.25, -0.2) is 19.7 Å². The topological polar surface area (TPSA) is 123 Å². The standard InChI is InChI=1S/C22H19ClN6O3/c1-12-2-4-13(5-3-12)6-7-29-11-24-19-18(29)17(14-8-15(23)10-16(30)9-14)25-20(26-19)21-27-22(31)32-28-21/h8-13,30H,2-5H2,1H3,(H,27,28,31). The molecule has 5 rings (SSSR count). The molecule has 1 saturated carbocycles. The van der Waals surface area contributed by atoms with E-state index in [0.717, 1.165) is 18.8 Å². The van der Waals surface area contributed by atoms with Crippen molar-refractivity contribution in [1.29, 1.82) is 0 Å². The Kier molecular flexibility index (Phi) is 5.15. The van der Waals surface area contributed by atoms with E-state index < -0.39 is 5.76 Å². The van der Waals surface area contributed by atoms with Crippen molar-refractivity contribution >= 4 is 22.8 Å². The predicted octanol–water partition coefficient (Wildman–Crippen LogP) is 3.83. The first-order chi connectivity index (χ1) is 15.5. The summed E-state index contributed by atoms with van der Waals surface area (Å²) in [6.07, 6.45) is 6.10. The van der Waals surface area contributed by atoms with Gasteiger partial charge in [-0.15, -0.1) is 0 Å². The number of hydrogen-bond donors (Lipinski definition) is 2. The largest absolute Gasteiger partial charge is 0.508 e. The van der Waals surface area contributed by atoms with Crippen LogP contribution in [0.2, 0.25) is 5.02 Å². The molecule has 162 valence electrons. The van der Waals surface area contributed by atoms with Crippen LogP contribution in [0.3, 0.4) is 0 Å². The van der Waals surface area contributed by atoms with Gasteiger partial charge in [0.05, 0.1) is 0 Å². The fourth-order valence-corrected chi connectivity index (χ4v) is 4.15. The van der Waals surface area contributed by atoms with Crippen LogP contribution >= 0.6 is 11.6 Å². The summed E-state index contributed by atoms with van der Waals surface area (Å²) in [5.41, 5.74) is 1.91. The molecule has 1 fully saturated rings. The van der Waals surface area contributed by atoms with Gasteiger partial charge in [-0.2, -0.15) is 0 Å². The molecule has 0 saturated heterocycles. The number of phenolic OH excluding ortho intramolecular Hbond substituents is 1. The first kappa shape index (κ1) is 20.3. The van der Waals surface area contributed by atoms with Crippen molar-refractivity contribution in [3.05, 3.63) is 40.1 Å². The molecule has 0 bridgehead atoms. The maximum absolute atomic E-state index is 11.4. The second-order valence-electron chi connectivity index (χ2n) is 8.04. The van der Waals surface area contributed by atoms with Gasteiger partial charge < -0.3 is 5.11 Å². The lowest BCUT2D eigenvalue weighted by molar-refractivity contribution is 0.337. The molecule has 4 aromatic rings. The van der Waals surface area contributed by atoms with Gasteiger partial charge in [-0.1, -0.05) is 29.6 Å². The van der Waals surface area contributed by atoms with Gasteiger partial charge in [0, 0.05) is 22.5 Å². The number of halogens is 1. The Labute approximate surface area is 187 Å². The number of aromatic hydroxyl groups is 1. The van der Waals surface area contributed by atoms with Crippen LogP contribution in [0, 0.1) is 23.8 Å². The van der Waals surface area contributed by atoms with E-state index in [9.17, 15) is 9.90 Å². The summed E-state index contributed by atoms with van der Waals surface area (Å²) in [6.45, 7) is 2.27. The van der Waals surface area contributed by atoms with Gasteiger partial charge in [0.25, 0.3) is 0 Å². The number of phenols is 1. The number of nitrogens with zero attached hydrogens (tertiary/aromatic N) is 5. The van der Waals surface area contributed by atoms with Crippen molar-refractivity contribution < 1.29 is 9.63 Å². The van der Waals surface area contributed by atoms with Crippen molar-refractivity contribution in [2.45, 2.75) is 32.6 Å². The van der Waals surface area contributed by atoms with E-state index in [1.807, 2.05) is 0 Å². The van der Waals surface area contributed by atoms with Crippen molar-refractivity contribution in [1.82, 2.24) is 29.7 Å². The monoisotopic (exact) mass is 450 g/mol. The normalized spacial score (nSPS) is 18.4. The number of aromatic amines is 1. The van der Waals surface area contributed by atoms with Crippen LogP contribution in [0.25, 0.3) is 34.1 Å². The maximum Gasteiger partial charge on any atom is 0.439 e. The summed E-state index contributed by atoms with van der Waals surface area (Å²) in [5, 5.41) is 14.1. The third-order valence-electron chi connectivity index (χ3n) is 5.62. The average Bonchev–Trinajstić information content (AvgIpc) is 3.38. The van der Waals surface area contributed by atoms with E-state index in [0.29, 0.717) is 33.4 Å². The van der Waals surface area contributed by atoms with Crippen LogP contribution in [0.1, 0.15) is 32.6 Å². The Morgan fingerprint density at radius 3 is 2.75 bits per heavy atom. The molecule has 0 unspecified atom stereocenters. The summed E-state index contributed by atoms with van der Waals surface area (Å²) in [6, 6.07) is 7.83. The summed E-state index contributed by atoms with van der Waals surface area (Å²) < 4.78 is 6.27. The molecule has 0 aliphatic heterocycles. The molecule has 3 heterocycles. The van der Waals surface area contributed by atoms with E-state index in [1.54, 1.807) is 17.0 Å². The number of H-pyrrole nitrogens is 1. The lowest BCUT2D eigenvalue weighted by Gasteiger charge is -2.21. The van der Waals surface area contributed by atoms with Crippen LogP contribution < -0.4 is 5.76 Å². The maximum atomic E-state index is 11.4. The van der Waals surface area contributed by atoms with Crippen LogP contribution in [-0.4, -0.2) is 34.8 Å². The number of hydrogen-bond acceptors (Lipinski definition) is 7. The number of rotatable bonds is 2.